The smallest absolute Gasteiger partial charge is 0.0638 e. The Morgan fingerprint density at radius 2 is 1.76 bits per heavy atom. The highest BCUT2D eigenvalue weighted by molar-refractivity contribution is 5.26. The second-order valence-corrected chi connectivity index (χ2v) is 13.0. The van der Waals surface area contributed by atoms with Crippen LogP contribution in [0.5, 0.6) is 0 Å². The van der Waals surface area contributed by atoms with E-state index in [2.05, 4.69) is 34.6 Å². The molecule has 5 rings (SSSR count). The molecule has 0 radical (unpaired) electrons. The number of rotatable bonds is 6. The van der Waals surface area contributed by atoms with E-state index in [4.69, 9.17) is 4.74 Å². The average Bonchev–Trinajstić information content (AvgIpc) is 3.22. The number of ether oxygens (including phenoxy) is 1. The third-order valence-corrected chi connectivity index (χ3v) is 12.4. The topological polar surface area (TPSA) is 9.23 Å². The molecule has 0 bridgehead atoms. The van der Waals surface area contributed by atoms with E-state index < -0.39 is 0 Å². The zero-order valence-electron chi connectivity index (χ0n) is 20.3. The Morgan fingerprint density at radius 3 is 2.45 bits per heavy atom. The Balaban J connectivity index is 1.37. The van der Waals surface area contributed by atoms with E-state index in [9.17, 15) is 0 Å². The highest BCUT2D eigenvalue weighted by atomic mass is 16.5. The first-order valence-electron chi connectivity index (χ1n) is 13.3. The molecule has 0 aromatic carbocycles. The second kappa shape index (κ2) is 6.98. The molecule has 0 aliphatic heterocycles. The zero-order valence-corrected chi connectivity index (χ0v) is 20.3. The highest BCUT2D eigenvalue weighted by Gasteiger charge is 2.77. The predicted octanol–water partition coefficient (Wildman–Crippen LogP) is 7.73. The quantitative estimate of drug-likeness (QED) is 0.443. The van der Waals surface area contributed by atoms with Gasteiger partial charge in [0.25, 0.3) is 0 Å². The van der Waals surface area contributed by atoms with E-state index >= 15 is 0 Å². The van der Waals surface area contributed by atoms with Crippen molar-refractivity contribution in [3.63, 3.8) is 0 Å². The molecule has 1 spiro atoms. The molecule has 29 heavy (non-hydrogen) atoms. The molecule has 1 heteroatoms. The van der Waals surface area contributed by atoms with Gasteiger partial charge >= 0.3 is 0 Å². The largest absolute Gasteiger partial charge is 0.381 e. The number of fused-ring (bicyclic) bond motifs is 4. The van der Waals surface area contributed by atoms with Gasteiger partial charge in [0.1, 0.15) is 0 Å². The van der Waals surface area contributed by atoms with E-state index in [0.717, 1.165) is 41.4 Å². The van der Waals surface area contributed by atoms with Crippen molar-refractivity contribution in [2.75, 3.05) is 7.11 Å². The van der Waals surface area contributed by atoms with Crippen LogP contribution in [-0.2, 0) is 4.74 Å². The average molecular weight is 401 g/mol. The van der Waals surface area contributed by atoms with Gasteiger partial charge in [-0.3, -0.25) is 0 Å². The normalized spacial score (nSPS) is 54.8. The fraction of sp³-hybridized carbons (Fsp3) is 1.00. The summed E-state index contributed by atoms with van der Waals surface area (Å²) in [6.07, 6.45) is 16.7. The molecule has 0 amide bonds. The van der Waals surface area contributed by atoms with Crippen molar-refractivity contribution in [3.8, 4) is 0 Å². The van der Waals surface area contributed by atoms with Crippen molar-refractivity contribution in [3.05, 3.63) is 0 Å². The third kappa shape index (κ3) is 2.67. The Labute approximate surface area is 181 Å². The van der Waals surface area contributed by atoms with E-state index in [1.807, 2.05) is 7.11 Å². The zero-order chi connectivity index (χ0) is 20.6. The summed E-state index contributed by atoms with van der Waals surface area (Å²) < 4.78 is 6.30. The number of hydrogen-bond donors (Lipinski definition) is 0. The summed E-state index contributed by atoms with van der Waals surface area (Å²) in [4.78, 5) is 0. The van der Waals surface area contributed by atoms with Crippen LogP contribution in [0.2, 0.25) is 0 Å². The van der Waals surface area contributed by atoms with Gasteiger partial charge < -0.3 is 4.74 Å². The molecule has 5 saturated carbocycles. The van der Waals surface area contributed by atoms with E-state index in [0.29, 0.717) is 22.3 Å². The lowest BCUT2D eigenvalue weighted by Gasteiger charge is -2.61. The lowest BCUT2D eigenvalue weighted by molar-refractivity contribution is -0.161. The van der Waals surface area contributed by atoms with E-state index in [-0.39, 0.29) is 0 Å². The Bertz CT molecular complexity index is 628. The molecular formula is C28H48O. The van der Waals surface area contributed by atoms with Crippen LogP contribution in [0.4, 0.5) is 0 Å². The van der Waals surface area contributed by atoms with Crippen LogP contribution in [0, 0.1) is 57.7 Å². The predicted molar refractivity (Wildman–Crippen MR) is 122 cm³/mol. The lowest BCUT2D eigenvalue weighted by Crippen LogP contribution is -2.57. The summed E-state index contributed by atoms with van der Waals surface area (Å²) in [5.41, 5.74) is 1.78. The van der Waals surface area contributed by atoms with Crippen molar-refractivity contribution in [1.29, 1.82) is 0 Å². The molecule has 1 nitrogen and oxygen atoms in total. The Morgan fingerprint density at radius 1 is 0.966 bits per heavy atom. The summed E-state index contributed by atoms with van der Waals surface area (Å²) in [6.45, 7) is 12.9. The van der Waals surface area contributed by atoms with Gasteiger partial charge in [-0.2, -0.15) is 0 Å². The van der Waals surface area contributed by atoms with Crippen molar-refractivity contribution >= 4 is 0 Å². The molecule has 0 aromatic heterocycles. The molecule has 0 N–H and O–H groups in total. The Kier molecular flexibility index (Phi) is 5.02. The standard InChI is InChI=1S/C28H48O/c1-7-18(2)8-9-19(3)22-10-11-23-21-16-25(29-6)28-17-20(28)12-15-27(28,5)24(21)13-14-26(22,23)4/h18-25H,7-17H2,1-6H3/t18-,19-,20-,21+,22-,23+,24+,25-,26-,27-,28+/m1/s1. The molecule has 0 aromatic rings. The van der Waals surface area contributed by atoms with Crippen molar-refractivity contribution in [2.24, 2.45) is 57.7 Å². The maximum Gasteiger partial charge on any atom is 0.0638 e. The fourth-order valence-electron chi connectivity index (χ4n) is 10.5. The van der Waals surface area contributed by atoms with Crippen LogP contribution in [0.25, 0.3) is 0 Å². The minimum absolute atomic E-state index is 0.561. The monoisotopic (exact) mass is 400 g/mol. The van der Waals surface area contributed by atoms with E-state index in [1.165, 1.54) is 70.6 Å². The van der Waals surface area contributed by atoms with Gasteiger partial charge in [-0.1, -0.05) is 53.9 Å². The first kappa shape index (κ1) is 20.8. The molecule has 0 heterocycles. The van der Waals surface area contributed by atoms with E-state index in [1.54, 1.807) is 0 Å². The van der Waals surface area contributed by atoms with Crippen molar-refractivity contribution in [1.82, 2.24) is 0 Å². The maximum atomic E-state index is 6.30. The van der Waals surface area contributed by atoms with Gasteiger partial charge in [0.2, 0.25) is 0 Å². The first-order chi connectivity index (χ1) is 13.8. The molecule has 5 fully saturated rings. The molecule has 166 valence electrons. The summed E-state index contributed by atoms with van der Waals surface area (Å²) in [7, 11) is 2.03. The second-order valence-electron chi connectivity index (χ2n) is 13.0. The molecule has 0 saturated heterocycles. The molecule has 5 aliphatic carbocycles. The minimum Gasteiger partial charge on any atom is -0.381 e. The van der Waals surface area contributed by atoms with Crippen LogP contribution in [0.1, 0.15) is 105 Å². The lowest BCUT2D eigenvalue weighted by atomic mass is 9.45. The van der Waals surface area contributed by atoms with Crippen LogP contribution >= 0.6 is 0 Å². The number of hydrogen-bond acceptors (Lipinski definition) is 1. The molecule has 5 aliphatic rings. The summed E-state index contributed by atoms with van der Waals surface area (Å²) >= 11 is 0. The minimum atomic E-state index is 0.561. The van der Waals surface area contributed by atoms with Gasteiger partial charge in [-0.05, 0) is 104 Å². The van der Waals surface area contributed by atoms with Crippen molar-refractivity contribution in [2.45, 2.75) is 111 Å². The van der Waals surface area contributed by atoms with Crippen LogP contribution in [0.15, 0.2) is 0 Å². The molecular weight excluding hydrogens is 352 g/mol. The Hall–Kier alpha value is -0.0400. The SMILES string of the molecule is CC[C@@H](C)CC[C@@H](C)[C@H]1CC[C@H]2[C@@H]3C[C@@H](OC)[C@]45C[C@H]4CC[C@]5(C)[C@H]3CC[C@]12C. The third-order valence-electron chi connectivity index (χ3n) is 12.4. The van der Waals surface area contributed by atoms with Gasteiger partial charge in [0, 0.05) is 12.5 Å². The molecule has 11 atom stereocenters. The summed E-state index contributed by atoms with van der Waals surface area (Å²) in [5.74, 6) is 6.71. The van der Waals surface area contributed by atoms with Gasteiger partial charge in [0.05, 0.1) is 6.10 Å². The summed E-state index contributed by atoms with van der Waals surface area (Å²) in [5, 5.41) is 0. The highest BCUT2D eigenvalue weighted by Crippen LogP contribution is 2.82. The number of methoxy groups -OCH3 is 1. The fourth-order valence-corrected chi connectivity index (χ4v) is 10.5. The first-order valence-corrected chi connectivity index (χ1v) is 13.3. The van der Waals surface area contributed by atoms with Gasteiger partial charge in [-0.15, -0.1) is 0 Å². The molecule has 0 unspecified atom stereocenters. The maximum absolute atomic E-state index is 6.30. The van der Waals surface area contributed by atoms with Crippen LogP contribution in [-0.4, -0.2) is 13.2 Å². The van der Waals surface area contributed by atoms with Crippen LogP contribution in [0.3, 0.4) is 0 Å². The van der Waals surface area contributed by atoms with Gasteiger partial charge in [0.15, 0.2) is 0 Å². The summed E-state index contributed by atoms with van der Waals surface area (Å²) in [6, 6.07) is 0. The van der Waals surface area contributed by atoms with Crippen molar-refractivity contribution < 1.29 is 4.74 Å². The van der Waals surface area contributed by atoms with Crippen LogP contribution < -0.4 is 0 Å². The van der Waals surface area contributed by atoms with Gasteiger partial charge in [-0.25, -0.2) is 0 Å².